The first-order valence-corrected chi connectivity index (χ1v) is 8.43. The van der Waals surface area contributed by atoms with Gasteiger partial charge in [0.05, 0.1) is 17.9 Å². The molecule has 2 aliphatic rings. The molecule has 7 nitrogen and oxygen atoms in total. The Bertz CT molecular complexity index is 790. The van der Waals surface area contributed by atoms with Crippen molar-refractivity contribution < 1.29 is 4.79 Å². The number of aromatic nitrogens is 3. The third kappa shape index (κ3) is 2.87. The van der Waals surface area contributed by atoms with E-state index in [9.17, 15) is 9.59 Å². The Labute approximate surface area is 140 Å². The first kappa shape index (κ1) is 15.1. The molecule has 2 fully saturated rings. The summed E-state index contributed by atoms with van der Waals surface area (Å²) in [6.45, 7) is 4.22. The van der Waals surface area contributed by atoms with Gasteiger partial charge in [0.1, 0.15) is 0 Å². The molecule has 0 aromatic carbocycles. The van der Waals surface area contributed by atoms with E-state index in [1.807, 2.05) is 28.0 Å². The lowest BCUT2D eigenvalue weighted by atomic mass is 10.1. The second-order valence-electron chi connectivity index (χ2n) is 6.47. The lowest BCUT2D eigenvalue weighted by Crippen LogP contribution is -2.49. The fraction of sp³-hybridized carbons (Fsp3) is 0.471. The van der Waals surface area contributed by atoms with Crippen molar-refractivity contribution in [1.29, 1.82) is 0 Å². The largest absolute Gasteiger partial charge is 0.314 e. The van der Waals surface area contributed by atoms with Crippen LogP contribution in [-0.2, 0) is 11.3 Å². The minimum absolute atomic E-state index is 0.0431. The quantitative estimate of drug-likeness (QED) is 0.812. The van der Waals surface area contributed by atoms with Crippen molar-refractivity contribution in [2.75, 3.05) is 31.1 Å². The van der Waals surface area contributed by atoms with Crippen LogP contribution in [0.15, 0.2) is 41.6 Å². The van der Waals surface area contributed by atoms with Gasteiger partial charge in [-0.25, -0.2) is 0 Å². The van der Waals surface area contributed by atoms with Crippen LogP contribution < -0.4 is 10.5 Å². The van der Waals surface area contributed by atoms with Gasteiger partial charge in [-0.1, -0.05) is 6.07 Å². The monoisotopic (exact) mass is 327 g/mol. The number of pyridine rings is 1. The zero-order valence-electron chi connectivity index (χ0n) is 13.5. The van der Waals surface area contributed by atoms with Gasteiger partial charge in [0.15, 0.2) is 0 Å². The molecule has 1 amide bonds. The van der Waals surface area contributed by atoms with E-state index in [2.05, 4.69) is 10.00 Å². The zero-order valence-corrected chi connectivity index (χ0v) is 13.5. The number of nitrogens with zero attached hydrogens (tertiary/aromatic N) is 5. The first-order chi connectivity index (χ1) is 11.7. The molecule has 0 radical (unpaired) electrons. The number of amides is 1. The molecule has 2 saturated heterocycles. The van der Waals surface area contributed by atoms with Crippen molar-refractivity contribution in [2.24, 2.45) is 0 Å². The molecular weight excluding hydrogens is 306 g/mol. The van der Waals surface area contributed by atoms with Gasteiger partial charge in [-0.05, 0) is 12.5 Å². The molecule has 0 bridgehead atoms. The minimum atomic E-state index is 0.0431. The van der Waals surface area contributed by atoms with Gasteiger partial charge in [0, 0.05) is 57.6 Å². The molecule has 126 valence electrons. The summed E-state index contributed by atoms with van der Waals surface area (Å²) in [4.78, 5) is 27.6. The Morgan fingerprint density at radius 1 is 1.17 bits per heavy atom. The minimum Gasteiger partial charge on any atom is -0.314 e. The first-order valence-electron chi connectivity index (χ1n) is 8.43. The summed E-state index contributed by atoms with van der Waals surface area (Å²) in [5.74, 6) is 0.193. The highest BCUT2D eigenvalue weighted by molar-refractivity contribution is 5.95. The maximum absolute atomic E-state index is 11.8. The van der Waals surface area contributed by atoms with Crippen LogP contribution >= 0.6 is 0 Å². The lowest BCUT2D eigenvalue weighted by molar-refractivity contribution is -0.117. The number of rotatable bonds is 5. The molecule has 0 atom stereocenters. The van der Waals surface area contributed by atoms with E-state index in [0.29, 0.717) is 19.0 Å². The van der Waals surface area contributed by atoms with Gasteiger partial charge in [-0.3, -0.25) is 19.2 Å². The second kappa shape index (κ2) is 6.24. The van der Waals surface area contributed by atoms with E-state index in [4.69, 9.17) is 0 Å². The fourth-order valence-corrected chi connectivity index (χ4v) is 3.38. The third-order valence-corrected chi connectivity index (χ3v) is 4.84. The smallest absolute Gasteiger partial charge is 0.250 e. The predicted molar refractivity (Wildman–Crippen MR) is 90.0 cm³/mol. The van der Waals surface area contributed by atoms with Crippen molar-refractivity contribution in [2.45, 2.75) is 25.4 Å². The molecule has 0 spiro atoms. The molecule has 4 heterocycles. The molecule has 7 heteroatoms. The van der Waals surface area contributed by atoms with Crippen LogP contribution in [0.2, 0.25) is 0 Å². The average molecular weight is 327 g/mol. The normalized spacial score (nSPS) is 19.0. The van der Waals surface area contributed by atoms with Crippen LogP contribution in [0.3, 0.4) is 0 Å². The number of carbonyl (C=O) groups excluding carboxylic acids is 1. The van der Waals surface area contributed by atoms with Crippen LogP contribution in [-0.4, -0.2) is 51.3 Å². The standard InChI is InChI=1S/C17H21N5O2/c23-16-4-1-2-6-20(16)9-8-19-11-15(12-19)22-13-14(10-18-22)21-7-3-5-17(21)24/h1-2,4,6,10,13,15H,3,5,7-9,11-12H2. The fourth-order valence-electron chi connectivity index (χ4n) is 3.38. The maximum Gasteiger partial charge on any atom is 0.250 e. The Hall–Kier alpha value is -2.41. The molecule has 0 N–H and O–H groups in total. The summed E-state index contributed by atoms with van der Waals surface area (Å²) in [6.07, 6.45) is 7.16. The Kier molecular flexibility index (Phi) is 3.93. The summed E-state index contributed by atoms with van der Waals surface area (Å²) in [7, 11) is 0. The summed E-state index contributed by atoms with van der Waals surface area (Å²) in [6, 6.07) is 5.58. The van der Waals surface area contributed by atoms with Crippen molar-refractivity contribution in [3.8, 4) is 0 Å². The molecule has 0 unspecified atom stereocenters. The van der Waals surface area contributed by atoms with Crippen molar-refractivity contribution in [1.82, 2.24) is 19.2 Å². The van der Waals surface area contributed by atoms with Crippen LogP contribution in [0.4, 0.5) is 5.69 Å². The van der Waals surface area contributed by atoms with Gasteiger partial charge in [-0.15, -0.1) is 0 Å². The SMILES string of the molecule is O=C1CCCN1c1cnn(C2CN(CCn3ccccc3=O)C2)c1. The maximum atomic E-state index is 11.8. The molecule has 0 aliphatic carbocycles. The molecule has 2 aromatic heterocycles. The molecule has 0 saturated carbocycles. The van der Waals surface area contributed by atoms with Gasteiger partial charge >= 0.3 is 0 Å². The summed E-state index contributed by atoms with van der Waals surface area (Å²) < 4.78 is 3.70. The van der Waals surface area contributed by atoms with E-state index in [1.165, 1.54) is 0 Å². The summed E-state index contributed by atoms with van der Waals surface area (Å²) >= 11 is 0. The van der Waals surface area contributed by atoms with Gasteiger partial charge < -0.3 is 9.47 Å². The van der Waals surface area contributed by atoms with E-state index < -0.39 is 0 Å². The zero-order chi connectivity index (χ0) is 16.5. The number of likely N-dealkylation sites (tertiary alicyclic amines) is 1. The molecule has 2 aliphatic heterocycles. The van der Waals surface area contributed by atoms with E-state index in [1.54, 1.807) is 22.9 Å². The average Bonchev–Trinajstić information content (AvgIpc) is 3.16. The van der Waals surface area contributed by atoms with Crippen LogP contribution in [0, 0.1) is 0 Å². The second-order valence-corrected chi connectivity index (χ2v) is 6.47. The van der Waals surface area contributed by atoms with E-state index >= 15 is 0 Å². The van der Waals surface area contributed by atoms with Gasteiger partial charge in [0.2, 0.25) is 5.91 Å². The van der Waals surface area contributed by atoms with E-state index in [0.717, 1.165) is 38.3 Å². The molecule has 4 rings (SSSR count). The van der Waals surface area contributed by atoms with Gasteiger partial charge in [0.25, 0.3) is 5.56 Å². The number of hydrogen-bond acceptors (Lipinski definition) is 4. The highest BCUT2D eigenvalue weighted by Crippen LogP contribution is 2.25. The lowest BCUT2D eigenvalue weighted by Gasteiger charge is -2.39. The van der Waals surface area contributed by atoms with Crippen LogP contribution in [0.25, 0.3) is 0 Å². The molecule has 24 heavy (non-hydrogen) atoms. The predicted octanol–water partition coefficient (Wildman–Crippen LogP) is 0.728. The number of anilines is 1. The van der Waals surface area contributed by atoms with E-state index in [-0.39, 0.29) is 11.5 Å². The highest BCUT2D eigenvalue weighted by Gasteiger charge is 2.30. The molecule has 2 aromatic rings. The Balaban J connectivity index is 1.30. The Morgan fingerprint density at radius 2 is 2.04 bits per heavy atom. The molecular formula is C17H21N5O2. The summed E-state index contributed by atoms with van der Waals surface area (Å²) in [5.41, 5.74) is 0.952. The van der Waals surface area contributed by atoms with Gasteiger partial charge in [-0.2, -0.15) is 5.10 Å². The Morgan fingerprint density at radius 3 is 2.79 bits per heavy atom. The van der Waals surface area contributed by atoms with Crippen LogP contribution in [0.5, 0.6) is 0 Å². The highest BCUT2D eigenvalue weighted by atomic mass is 16.2. The third-order valence-electron chi connectivity index (χ3n) is 4.84. The number of hydrogen-bond donors (Lipinski definition) is 0. The van der Waals surface area contributed by atoms with Crippen LogP contribution in [0.1, 0.15) is 18.9 Å². The summed E-state index contributed by atoms with van der Waals surface area (Å²) in [5, 5.41) is 4.42. The van der Waals surface area contributed by atoms with Crippen molar-refractivity contribution >= 4 is 11.6 Å². The van der Waals surface area contributed by atoms with Crippen molar-refractivity contribution in [3.05, 3.63) is 47.1 Å². The topological polar surface area (TPSA) is 63.4 Å². The van der Waals surface area contributed by atoms with Crippen molar-refractivity contribution in [3.63, 3.8) is 0 Å². The number of carbonyl (C=O) groups is 1.